The zero-order chi connectivity index (χ0) is 18.6. The minimum atomic E-state index is -0.189. The lowest BCUT2D eigenvalue weighted by Gasteiger charge is -2.08. The third-order valence-electron chi connectivity index (χ3n) is 4.30. The highest BCUT2D eigenvalue weighted by Gasteiger charge is 2.09. The molecular formula is C22H18N4O. The Balaban J connectivity index is 1.52. The van der Waals surface area contributed by atoms with Crippen LogP contribution in [0.1, 0.15) is 15.9 Å². The Morgan fingerprint density at radius 1 is 0.889 bits per heavy atom. The summed E-state index contributed by atoms with van der Waals surface area (Å²) in [6, 6.07) is 17.6. The number of aromatic nitrogens is 3. The molecule has 27 heavy (non-hydrogen) atoms. The van der Waals surface area contributed by atoms with Gasteiger partial charge in [-0.15, -0.1) is 0 Å². The van der Waals surface area contributed by atoms with Gasteiger partial charge >= 0.3 is 0 Å². The van der Waals surface area contributed by atoms with Crippen molar-refractivity contribution in [1.29, 1.82) is 0 Å². The molecule has 0 radical (unpaired) electrons. The van der Waals surface area contributed by atoms with E-state index >= 15 is 0 Å². The van der Waals surface area contributed by atoms with Gasteiger partial charge in [-0.3, -0.25) is 9.78 Å². The van der Waals surface area contributed by atoms with Gasteiger partial charge in [0, 0.05) is 23.6 Å². The van der Waals surface area contributed by atoms with Crippen LogP contribution in [0.4, 0.5) is 5.69 Å². The lowest BCUT2D eigenvalue weighted by molar-refractivity contribution is 0.102. The number of imidazole rings is 1. The molecule has 2 N–H and O–H groups in total. The molecular weight excluding hydrogens is 336 g/mol. The minimum absolute atomic E-state index is 0.189. The number of nitrogens with zero attached hydrogens (tertiary/aromatic N) is 2. The number of hydrogen-bond donors (Lipinski definition) is 2. The second kappa shape index (κ2) is 7.25. The first-order chi connectivity index (χ1) is 13.2. The molecule has 0 atom stereocenters. The number of nitrogens with one attached hydrogen (secondary N) is 2. The molecule has 0 unspecified atom stereocenters. The molecule has 5 nitrogen and oxygen atoms in total. The summed E-state index contributed by atoms with van der Waals surface area (Å²) in [6.45, 7) is 2.04. The molecule has 0 saturated carbocycles. The molecule has 4 rings (SSSR count). The van der Waals surface area contributed by atoms with E-state index in [1.54, 1.807) is 24.9 Å². The molecule has 2 aromatic heterocycles. The largest absolute Gasteiger partial charge is 0.345 e. The molecule has 0 aliphatic rings. The van der Waals surface area contributed by atoms with Crippen LogP contribution in [0.2, 0.25) is 0 Å². The monoisotopic (exact) mass is 354 g/mol. The van der Waals surface area contributed by atoms with E-state index < -0.39 is 0 Å². The number of carbonyl (C=O) groups is 1. The molecule has 0 aliphatic heterocycles. The fourth-order valence-electron chi connectivity index (χ4n) is 2.90. The summed E-state index contributed by atoms with van der Waals surface area (Å²) in [5.74, 6) is -0.189. The van der Waals surface area contributed by atoms with Crippen molar-refractivity contribution in [3.05, 3.63) is 90.6 Å². The Bertz CT molecular complexity index is 1070. The Morgan fingerprint density at radius 2 is 1.74 bits per heavy atom. The quantitative estimate of drug-likeness (QED) is 0.558. The number of benzene rings is 2. The third kappa shape index (κ3) is 3.77. The van der Waals surface area contributed by atoms with Gasteiger partial charge in [-0.25, -0.2) is 4.98 Å². The van der Waals surface area contributed by atoms with Crippen LogP contribution in [0.3, 0.4) is 0 Å². The highest BCUT2D eigenvalue weighted by atomic mass is 16.1. The maximum Gasteiger partial charge on any atom is 0.257 e. The molecule has 2 aromatic carbocycles. The summed E-state index contributed by atoms with van der Waals surface area (Å²) in [4.78, 5) is 23.9. The average Bonchev–Trinajstić information content (AvgIpc) is 3.23. The fourth-order valence-corrected chi connectivity index (χ4v) is 2.90. The van der Waals surface area contributed by atoms with Gasteiger partial charge in [0.25, 0.3) is 5.91 Å². The SMILES string of the molecule is Cc1cccc(-c2cncc(C(=O)Nc3ccc(-c4cnc[nH]4)cc3)c2)c1. The van der Waals surface area contributed by atoms with Gasteiger partial charge in [0.05, 0.1) is 23.8 Å². The van der Waals surface area contributed by atoms with Crippen LogP contribution in [0, 0.1) is 6.92 Å². The first kappa shape index (κ1) is 16.7. The van der Waals surface area contributed by atoms with E-state index in [1.807, 2.05) is 55.5 Å². The van der Waals surface area contributed by atoms with Crippen molar-refractivity contribution >= 4 is 11.6 Å². The van der Waals surface area contributed by atoms with Crippen molar-refractivity contribution in [2.24, 2.45) is 0 Å². The molecule has 0 fully saturated rings. The Morgan fingerprint density at radius 3 is 2.48 bits per heavy atom. The lowest BCUT2D eigenvalue weighted by atomic mass is 10.0. The lowest BCUT2D eigenvalue weighted by Crippen LogP contribution is -2.12. The molecule has 0 spiro atoms. The van der Waals surface area contributed by atoms with Gasteiger partial charge in [0.15, 0.2) is 0 Å². The zero-order valence-electron chi connectivity index (χ0n) is 14.8. The molecule has 132 valence electrons. The summed E-state index contributed by atoms with van der Waals surface area (Å²) in [6.07, 6.45) is 6.74. The van der Waals surface area contributed by atoms with E-state index in [-0.39, 0.29) is 5.91 Å². The van der Waals surface area contributed by atoms with Gasteiger partial charge in [-0.05, 0) is 36.2 Å². The van der Waals surface area contributed by atoms with Crippen LogP contribution in [-0.2, 0) is 0 Å². The number of anilines is 1. The summed E-state index contributed by atoms with van der Waals surface area (Å²) in [5.41, 5.74) is 6.31. The first-order valence-electron chi connectivity index (χ1n) is 8.61. The molecule has 5 heteroatoms. The van der Waals surface area contributed by atoms with Gasteiger partial charge in [0.1, 0.15) is 0 Å². The standard InChI is InChI=1S/C22H18N4O/c1-15-3-2-4-17(9-15)18-10-19(12-23-11-18)22(27)26-20-7-5-16(6-8-20)21-13-24-14-25-21/h2-14H,1H3,(H,24,25)(H,26,27). The molecule has 2 heterocycles. The average molecular weight is 354 g/mol. The maximum atomic E-state index is 12.6. The van der Waals surface area contributed by atoms with Crippen molar-refractivity contribution in [1.82, 2.24) is 15.0 Å². The first-order valence-corrected chi connectivity index (χ1v) is 8.61. The van der Waals surface area contributed by atoms with Gasteiger partial charge < -0.3 is 10.3 Å². The summed E-state index contributed by atoms with van der Waals surface area (Å²) in [7, 11) is 0. The smallest absolute Gasteiger partial charge is 0.257 e. The summed E-state index contributed by atoms with van der Waals surface area (Å²) < 4.78 is 0. The highest BCUT2D eigenvalue weighted by molar-refractivity contribution is 6.04. The topological polar surface area (TPSA) is 70.7 Å². The third-order valence-corrected chi connectivity index (χ3v) is 4.30. The highest BCUT2D eigenvalue weighted by Crippen LogP contribution is 2.22. The summed E-state index contributed by atoms with van der Waals surface area (Å²) >= 11 is 0. The molecule has 1 amide bonds. The van der Waals surface area contributed by atoms with Gasteiger partial charge in [-0.2, -0.15) is 0 Å². The zero-order valence-corrected chi connectivity index (χ0v) is 14.8. The predicted molar refractivity (Wildman–Crippen MR) is 106 cm³/mol. The van der Waals surface area contributed by atoms with E-state index in [1.165, 1.54) is 5.56 Å². The van der Waals surface area contributed by atoms with Gasteiger partial charge in [0.2, 0.25) is 0 Å². The number of aryl methyl sites for hydroxylation is 1. The van der Waals surface area contributed by atoms with E-state index in [0.29, 0.717) is 5.56 Å². The molecule has 0 saturated heterocycles. The van der Waals surface area contributed by atoms with Crippen LogP contribution in [0.15, 0.2) is 79.5 Å². The van der Waals surface area contributed by atoms with E-state index in [4.69, 9.17) is 0 Å². The van der Waals surface area contributed by atoms with E-state index in [9.17, 15) is 4.79 Å². The number of H-pyrrole nitrogens is 1. The van der Waals surface area contributed by atoms with Crippen LogP contribution in [0.5, 0.6) is 0 Å². The number of carbonyl (C=O) groups excluding carboxylic acids is 1. The van der Waals surface area contributed by atoms with Crippen LogP contribution in [-0.4, -0.2) is 20.9 Å². The second-order valence-corrected chi connectivity index (χ2v) is 6.33. The van der Waals surface area contributed by atoms with Crippen molar-refractivity contribution in [2.75, 3.05) is 5.32 Å². The van der Waals surface area contributed by atoms with Crippen molar-refractivity contribution in [3.8, 4) is 22.4 Å². The molecule has 4 aromatic rings. The number of hydrogen-bond acceptors (Lipinski definition) is 3. The second-order valence-electron chi connectivity index (χ2n) is 6.33. The summed E-state index contributed by atoms with van der Waals surface area (Å²) in [5, 5.41) is 2.92. The Kier molecular flexibility index (Phi) is 4.49. The predicted octanol–water partition coefficient (Wildman–Crippen LogP) is 4.70. The van der Waals surface area contributed by atoms with Crippen molar-refractivity contribution in [3.63, 3.8) is 0 Å². The van der Waals surface area contributed by atoms with Gasteiger partial charge in [-0.1, -0.05) is 42.0 Å². The van der Waals surface area contributed by atoms with Crippen LogP contribution in [0.25, 0.3) is 22.4 Å². The maximum absolute atomic E-state index is 12.6. The Hall–Kier alpha value is -3.73. The fraction of sp³-hybridized carbons (Fsp3) is 0.0455. The Labute approximate surface area is 157 Å². The number of aromatic amines is 1. The van der Waals surface area contributed by atoms with Crippen LogP contribution >= 0.6 is 0 Å². The number of pyridine rings is 1. The van der Waals surface area contributed by atoms with Crippen molar-refractivity contribution in [2.45, 2.75) is 6.92 Å². The minimum Gasteiger partial charge on any atom is -0.345 e. The molecule has 0 bridgehead atoms. The van der Waals surface area contributed by atoms with Crippen molar-refractivity contribution < 1.29 is 4.79 Å². The molecule has 0 aliphatic carbocycles. The normalized spacial score (nSPS) is 10.6. The van der Waals surface area contributed by atoms with Crippen LogP contribution < -0.4 is 5.32 Å². The number of rotatable bonds is 4. The number of amides is 1. The van der Waals surface area contributed by atoms with E-state index in [0.717, 1.165) is 28.1 Å². The van der Waals surface area contributed by atoms with E-state index in [2.05, 4.69) is 26.3 Å².